The van der Waals surface area contributed by atoms with Crippen LogP contribution in [0.2, 0.25) is 0 Å². The Labute approximate surface area is 115 Å². The molecule has 4 heteroatoms. The van der Waals surface area contributed by atoms with Crippen molar-refractivity contribution in [1.82, 2.24) is 10.2 Å². The second kappa shape index (κ2) is 7.26. The van der Waals surface area contributed by atoms with Gasteiger partial charge in [0, 0.05) is 12.6 Å². The van der Waals surface area contributed by atoms with Gasteiger partial charge < -0.3 is 11.1 Å². The van der Waals surface area contributed by atoms with E-state index in [1.807, 2.05) is 6.07 Å². The van der Waals surface area contributed by atoms with E-state index in [2.05, 4.69) is 34.5 Å². The standard InChI is InChI=1S/C15H23N3O/c16-15(19)12-18(14-6-9-17-10-7-14)11-8-13-4-2-1-3-5-13/h1-5,14,17H,6-12H2,(H2,16,19). The number of nitrogens with zero attached hydrogens (tertiary/aromatic N) is 1. The largest absolute Gasteiger partial charge is 0.369 e. The maximum Gasteiger partial charge on any atom is 0.231 e. The van der Waals surface area contributed by atoms with Gasteiger partial charge in [-0.05, 0) is 37.9 Å². The highest BCUT2D eigenvalue weighted by Gasteiger charge is 2.21. The van der Waals surface area contributed by atoms with E-state index in [1.54, 1.807) is 0 Å². The van der Waals surface area contributed by atoms with Crippen molar-refractivity contribution in [2.24, 2.45) is 5.73 Å². The van der Waals surface area contributed by atoms with Crippen LogP contribution in [0.1, 0.15) is 18.4 Å². The van der Waals surface area contributed by atoms with Crippen LogP contribution in [-0.4, -0.2) is 43.0 Å². The number of amides is 1. The lowest BCUT2D eigenvalue weighted by molar-refractivity contribution is -0.119. The van der Waals surface area contributed by atoms with Crippen molar-refractivity contribution < 1.29 is 4.79 Å². The highest BCUT2D eigenvalue weighted by Crippen LogP contribution is 2.12. The van der Waals surface area contributed by atoms with E-state index in [1.165, 1.54) is 5.56 Å². The summed E-state index contributed by atoms with van der Waals surface area (Å²) in [7, 11) is 0. The van der Waals surface area contributed by atoms with Crippen LogP contribution in [-0.2, 0) is 11.2 Å². The third-order valence-electron chi connectivity index (χ3n) is 3.71. The average Bonchev–Trinajstić information content (AvgIpc) is 2.45. The lowest BCUT2D eigenvalue weighted by atomic mass is 10.0. The van der Waals surface area contributed by atoms with Crippen molar-refractivity contribution >= 4 is 5.91 Å². The summed E-state index contributed by atoms with van der Waals surface area (Å²) in [4.78, 5) is 13.5. The molecule has 1 aliphatic heterocycles. The maximum absolute atomic E-state index is 11.2. The summed E-state index contributed by atoms with van der Waals surface area (Å²) < 4.78 is 0. The third-order valence-corrected chi connectivity index (χ3v) is 3.71. The van der Waals surface area contributed by atoms with Gasteiger partial charge in [-0.25, -0.2) is 0 Å². The van der Waals surface area contributed by atoms with Crippen LogP contribution in [0.4, 0.5) is 0 Å². The molecular formula is C15H23N3O. The summed E-state index contributed by atoms with van der Waals surface area (Å²) in [5.41, 5.74) is 6.68. The Hall–Kier alpha value is -1.39. The summed E-state index contributed by atoms with van der Waals surface area (Å²) >= 11 is 0. The molecule has 3 N–H and O–H groups in total. The van der Waals surface area contributed by atoms with E-state index >= 15 is 0 Å². The second-order valence-corrected chi connectivity index (χ2v) is 5.15. The first-order chi connectivity index (χ1) is 9.25. The molecule has 1 aliphatic rings. The summed E-state index contributed by atoms with van der Waals surface area (Å²) in [6.07, 6.45) is 3.17. The molecule has 0 unspecified atom stereocenters. The zero-order valence-electron chi connectivity index (χ0n) is 11.3. The Balaban J connectivity index is 1.91. The molecule has 4 nitrogen and oxygen atoms in total. The minimum Gasteiger partial charge on any atom is -0.369 e. The van der Waals surface area contributed by atoms with Crippen molar-refractivity contribution in [3.05, 3.63) is 35.9 Å². The molecule has 1 aromatic carbocycles. The molecule has 1 heterocycles. The van der Waals surface area contributed by atoms with E-state index in [0.717, 1.165) is 38.9 Å². The summed E-state index contributed by atoms with van der Waals surface area (Å²) in [5, 5.41) is 3.35. The van der Waals surface area contributed by atoms with Gasteiger partial charge >= 0.3 is 0 Å². The monoisotopic (exact) mass is 261 g/mol. The third kappa shape index (κ3) is 4.65. The van der Waals surface area contributed by atoms with E-state index < -0.39 is 0 Å². The van der Waals surface area contributed by atoms with Gasteiger partial charge in [0.05, 0.1) is 6.54 Å². The maximum atomic E-state index is 11.2. The second-order valence-electron chi connectivity index (χ2n) is 5.15. The van der Waals surface area contributed by atoms with Crippen LogP contribution in [0.3, 0.4) is 0 Å². The van der Waals surface area contributed by atoms with Crippen molar-refractivity contribution in [3.8, 4) is 0 Å². The van der Waals surface area contributed by atoms with E-state index in [0.29, 0.717) is 12.6 Å². The van der Waals surface area contributed by atoms with Gasteiger partial charge in [0.15, 0.2) is 0 Å². The molecule has 0 saturated carbocycles. The van der Waals surface area contributed by atoms with Crippen LogP contribution in [0.25, 0.3) is 0 Å². The van der Waals surface area contributed by atoms with Crippen molar-refractivity contribution in [1.29, 1.82) is 0 Å². The van der Waals surface area contributed by atoms with Crippen LogP contribution >= 0.6 is 0 Å². The van der Waals surface area contributed by atoms with Crippen LogP contribution < -0.4 is 11.1 Å². The first-order valence-electron chi connectivity index (χ1n) is 7.02. The minimum atomic E-state index is -0.230. The molecule has 0 bridgehead atoms. The molecule has 1 aromatic rings. The minimum absolute atomic E-state index is 0.230. The first-order valence-corrected chi connectivity index (χ1v) is 7.02. The number of benzene rings is 1. The number of nitrogens with two attached hydrogens (primary N) is 1. The highest BCUT2D eigenvalue weighted by molar-refractivity contribution is 5.75. The Morgan fingerprint density at radius 2 is 1.95 bits per heavy atom. The molecule has 1 saturated heterocycles. The first kappa shape index (κ1) is 14.0. The Kier molecular flexibility index (Phi) is 5.36. The molecule has 1 fully saturated rings. The van der Waals surface area contributed by atoms with E-state index in [4.69, 9.17) is 5.73 Å². The van der Waals surface area contributed by atoms with Gasteiger partial charge in [-0.3, -0.25) is 9.69 Å². The number of nitrogens with one attached hydrogen (secondary N) is 1. The lowest BCUT2D eigenvalue weighted by Gasteiger charge is -2.33. The molecular weight excluding hydrogens is 238 g/mol. The summed E-state index contributed by atoms with van der Waals surface area (Å²) in [5.74, 6) is -0.230. The number of primary amides is 1. The van der Waals surface area contributed by atoms with E-state index in [9.17, 15) is 4.79 Å². The zero-order valence-corrected chi connectivity index (χ0v) is 11.3. The number of carbonyl (C=O) groups is 1. The highest BCUT2D eigenvalue weighted by atomic mass is 16.1. The fourth-order valence-corrected chi connectivity index (χ4v) is 2.68. The summed E-state index contributed by atoms with van der Waals surface area (Å²) in [6.45, 7) is 3.34. The molecule has 104 valence electrons. The van der Waals surface area contributed by atoms with Crippen LogP contribution in [0.5, 0.6) is 0 Å². The Morgan fingerprint density at radius 3 is 2.58 bits per heavy atom. The number of rotatable bonds is 6. The van der Waals surface area contributed by atoms with Gasteiger partial charge in [-0.15, -0.1) is 0 Å². The number of piperidine rings is 1. The van der Waals surface area contributed by atoms with Gasteiger partial charge in [-0.2, -0.15) is 0 Å². The zero-order chi connectivity index (χ0) is 13.5. The molecule has 0 aliphatic carbocycles. The van der Waals surface area contributed by atoms with Gasteiger partial charge in [0.2, 0.25) is 5.91 Å². The molecule has 1 amide bonds. The quantitative estimate of drug-likeness (QED) is 0.795. The Bertz CT molecular complexity index is 388. The molecule has 0 atom stereocenters. The van der Waals surface area contributed by atoms with Crippen molar-refractivity contribution in [2.45, 2.75) is 25.3 Å². The topological polar surface area (TPSA) is 58.4 Å². The van der Waals surface area contributed by atoms with Crippen molar-refractivity contribution in [3.63, 3.8) is 0 Å². The lowest BCUT2D eigenvalue weighted by Crippen LogP contribution is -2.47. The molecule has 0 spiro atoms. The number of hydrogen-bond donors (Lipinski definition) is 2. The Morgan fingerprint density at radius 1 is 1.26 bits per heavy atom. The summed E-state index contributed by atoms with van der Waals surface area (Å²) in [6, 6.07) is 10.9. The SMILES string of the molecule is NC(=O)CN(CCc1ccccc1)C1CCNCC1. The normalized spacial score (nSPS) is 16.7. The van der Waals surface area contributed by atoms with Gasteiger partial charge in [0.1, 0.15) is 0 Å². The number of hydrogen-bond acceptors (Lipinski definition) is 3. The van der Waals surface area contributed by atoms with E-state index in [-0.39, 0.29) is 5.91 Å². The van der Waals surface area contributed by atoms with Crippen molar-refractivity contribution in [2.75, 3.05) is 26.2 Å². The fraction of sp³-hybridized carbons (Fsp3) is 0.533. The predicted octanol–water partition coefficient (Wildman–Crippen LogP) is 0.768. The molecule has 2 rings (SSSR count). The number of carbonyl (C=O) groups excluding carboxylic acids is 1. The molecule has 0 aromatic heterocycles. The molecule has 0 radical (unpaired) electrons. The van der Waals surface area contributed by atoms with Gasteiger partial charge in [0.25, 0.3) is 0 Å². The van der Waals surface area contributed by atoms with Crippen LogP contribution in [0, 0.1) is 0 Å². The van der Waals surface area contributed by atoms with Crippen LogP contribution in [0.15, 0.2) is 30.3 Å². The predicted molar refractivity (Wildman–Crippen MR) is 76.8 cm³/mol. The van der Waals surface area contributed by atoms with Gasteiger partial charge in [-0.1, -0.05) is 30.3 Å². The average molecular weight is 261 g/mol. The smallest absolute Gasteiger partial charge is 0.231 e. The fourth-order valence-electron chi connectivity index (χ4n) is 2.68. The molecule has 19 heavy (non-hydrogen) atoms.